The highest BCUT2D eigenvalue weighted by Gasteiger charge is 2.28. The summed E-state index contributed by atoms with van der Waals surface area (Å²) in [6, 6.07) is 13.5. The molecule has 35 heavy (non-hydrogen) atoms. The average molecular weight is 538 g/mol. The first-order valence-electron chi connectivity index (χ1n) is 11.2. The Labute approximate surface area is 210 Å². The van der Waals surface area contributed by atoms with Gasteiger partial charge in [-0.25, -0.2) is 10.2 Å². The minimum absolute atomic E-state index is 0.191. The highest BCUT2D eigenvalue weighted by molar-refractivity contribution is 9.10. The zero-order valence-corrected chi connectivity index (χ0v) is 20.9. The fraction of sp³-hybridized carbons (Fsp3) is 0.231. The van der Waals surface area contributed by atoms with E-state index in [4.69, 9.17) is 9.15 Å². The maximum Gasteiger partial charge on any atom is 0.338 e. The number of hydrogen-bond acceptors (Lipinski definition) is 6. The molecule has 2 aromatic carbocycles. The number of nitrogens with zero attached hydrogens (tertiary/aromatic N) is 1. The maximum atomic E-state index is 13.0. The second-order valence-electron chi connectivity index (χ2n) is 7.94. The van der Waals surface area contributed by atoms with Gasteiger partial charge in [-0.3, -0.25) is 9.59 Å². The van der Waals surface area contributed by atoms with Gasteiger partial charge in [-0.15, -0.1) is 0 Å². The fourth-order valence-corrected chi connectivity index (χ4v) is 4.38. The van der Waals surface area contributed by atoms with E-state index in [-0.39, 0.29) is 11.7 Å². The lowest BCUT2D eigenvalue weighted by atomic mass is 9.93. The zero-order chi connectivity index (χ0) is 24.9. The smallest absolute Gasteiger partial charge is 0.338 e. The van der Waals surface area contributed by atoms with E-state index in [9.17, 15) is 14.4 Å². The number of anilines is 1. The summed E-state index contributed by atoms with van der Waals surface area (Å²) in [6.45, 7) is 3.83. The van der Waals surface area contributed by atoms with Gasteiger partial charge in [0.25, 0.3) is 11.8 Å². The van der Waals surface area contributed by atoms with E-state index in [2.05, 4.69) is 31.8 Å². The third-order valence-corrected chi connectivity index (χ3v) is 6.29. The lowest BCUT2D eigenvalue weighted by molar-refractivity contribution is 0.0526. The standard InChI is InChI=1S/C26H24BrN3O5/c1-3-34-26(33)16-11-13-17(14-12-16)28-25(32)23-15(2)22-20(9-6-10-21(22)35-23)29-30-24(31)18-7-4-5-8-19(18)27/h4-5,7-8,11-14H,3,6,9-10H2,1-2H3,(H,28,32)(H,30,31)/b29-20+. The highest BCUT2D eigenvalue weighted by Crippen LogP contribution is 2.30. The van der Waals surface area contributed by atoms with Crippen LogP contribution in [0.25, 0.3) is 0 Å². The first-order valence-corrected chi connectivity index (χ1v) is 12.0. The third-order valence-electron chi connectivity index (χ3n) is 5.60. The number of aryl methyl sites for hydroxylation is 1. The first-order chi connectivity index (χ1) is 16.9. The number of benzene rings is 2. The first kappa shape index (κ1) is 24.4. The Morgan fingerprint density at radius 2 is 1.80 bits per heavy atom. The van der Waals surface area contributed by atoms with Gasteiger partial charge in [0.2, 0.25) is 0 Å². The quantitative estimate of drug-likeness (QED) is 0.329. The van der Waals surface area contributed by atoms with Crippen molar-refractivity contribution < 1.29 is 23.5 Å². The Balaban J connectivity index is 1.51. The van der Waals surface area contributed by atoms with Crippen molar-refractivity contribution in [3.8, 4) is 0 Å². The molecule has 0 aliphatic heterocycles. The number of nitrogens with one attached hydrogen (secondary N) is 2. The molecule has 4 rings (SSSR count). The Morgan fingerprint density at radius 3 is 2.51 bits per heavy atom. The number of halogens is 1. The van der Waals surface area contributed by atoms with Crippen molar-refractivity contribution in [1.82, 2.24) is 5.43 Å². The molecule has 0 atom stereocenters. The SMILES string of the molecule is CCOC(=O)c1ccc(NC(=O)c2oc3c(c2C)/C(=N/NC(=O)c2ccccc2Br)CCC3)cc1. The van der Waals surface area contributed by atoms with Gasteiger partial charge in [0.1, 0.15) is 5.76 Å². The molecule has 2 N–H and O–H groups in total. The molecule has 0 saturated heterocycles. The summed E-state index contributed by atoms with van der Waals surface area (Å²) in [6.07, 6.45) is 2.12. The molecule has 1 heterocycles. The zero-order valence-electron chi connectivity index (χ0n) is 19.3. The lowest BCUT2D eigenvalue weighted by Crippen LogP contribution is -2.22. The fourth-order valence-electron chi connectivity index (χ4n) is 3.91. The van der Waals surface area contributed by atoms with Gasteiger partial charge < -0.3 is 14.5 Å². The largest absolute Gasteiger partial charge is 0.462 e. The Morgan fingerprint density at radius 1 is 1.06 bits per heavy atom. The van der Waals surface area contributed by atoms with Crippen molar-refractivity contribution >= 4 is 45.1 Å². The number of rotatable bonds is 6. The van der Waals surface area contributed by atoms with E-state index in [1.54, 1.807) is 56.3 Å². The molecule has 0 unspecified atom stereocenters. The summed E-state index contributed by atoms with van der Waals surface area (Å²) < 4.78 is 11.6. The molecule has 0 radical (unpaired) electrons. The van der Waals surface area contributed by atoms with E-state index in [1.807, 2.05) is 6.07 Å². The molecule has 8 nitrogen and oxygen atoms in total. The number of fused-ring (bicyclic) bond motifs is 1. The van der Waals surface area contributed by atoms with Crippen molar-refractivity contribution in [2.75, 3.05) is 11.9 Å². The van der Waals surface area contributed by atoms with Crippen LogP contribution < -0.4 is 10.7 Å². The van der Waals surface area contributed by atoms with Gasteiger partial charge in [-0.05, 0) is 79.0 Å². The second-order valence-corrected chi connectivity index (χ2v) is 8.79. The van der Waals surface area contributed by atoms with Crippen LogP contribution in [-0.4, -0.2) is 30.1 Å². The molecule has 3 aromatic rings. The van der Waals surface area contributed by atoms with Gasteiger partial charge in [0.15, 0.2) is 5.76 Å². The normalized spacial score (nSPS) is 13.7. The molecule has 180 valence electrons. The average Bonchev–Trinajstić information content (AvgIpc) is 3.20. The summed E-state index contributed by atoms with van der Waals surface area (Å²) >= 11 is 3.37. The van der Waals surface area contributed by atoms with Crippen molar-refractivity contribution in [2.24, 2.45) is 5.10 Å². The van der Waals surface area contributed by atoms with Gasteiger partial charge >= 0.3 is 5.97 Å². The number of esters is 1. The Hall–Kier alpha value is -3.72. The van der Waals surface area contributed by atoms with Crippen LogP contribution in [0.5, 0.6) is 0 Å². The molecular weight excluding hydrogens is 514 g/mol. The number of amides is 2. The van der Waals surface area contributed by atoms with Crippen LogP contribution in [0.15, 0.2) is 62.5 Å². The van der Waals surface area contributed by atoms with Gasteiger partial charge in [0.05, 0.1) is 23.4 Å². The molecule has 9 heteroatoms. The van der Waals surface area contributed by atoms with Crippen LogP contribution in [0.3, 0.4) is 0 Å². The van der Waals surface area contributed by atoms with E-state index in [1.165, 1.54) is 0 Å². The van der Waals surface area contributed by atoms with E-state index >= 15 is 0 Å². The predicted octanol–water partition coefficient (Wildman–Crippen LogP) is 5.25. The molecule has 1 aromatic heterocycles. The molecule has 1 aliphatic rings. The van der Waals surface area contributed by atoms with E-state index < -0.39 is 11.9 Å². The number of hydrogen-bond donors (Lipinski definition) is 2. The van der Waals surface area contributed by atoms with Crippen LogP contribution in [0.2, 0.25) is 0 Å². The topological polar surface area (TPSA) is 110 Å². The van der Waals surface area contributed by atoms with Crippen molar-refractivity contribution in [3.63, 3.8) is 0 Å². The maximum absolute atomic E-state index is 13.0. The minimum atomic E-state index is -0.418. The summed E-state index contributed by atoms with van der Waals surface area (Å²) in [5.41, 5.74) is 6.11. The number of ether oxygens (including phenoxy) is 1. The Kier molecular flexibility index (Phi) is 7.45. The van der Waals surface area contributed by atoms with Crippen molar-refractivity contribution in [1.29, 1.82) is 0 Å². The second kappa shape index (κ2) is 10.7. The summed E-state index contributed by atoms with van der Waals surface area (Å²) in [5.74, 6) is -0.292. The van der Waals surface area contributed by atoms with Crippen molar-refractivity contribution in [3.05, 3.63) is 86.8 Å². The number of carbonyl (C=O) groups excluding carboxylic acids is 3. The van der Waals surface area contributed by atoms with E-state index in [0.717, 1.165) is 12.0 Å². The molecule has 0 saturated carbocycles. The van der Waals surface area contributed by atoms with Crippen molar-refractivity contribution in [2.45, 2.75) is 33.1 Å². The molecule has 0 bridgehead atoms. The van der Waals surface area contributed by atoms with Crippen LogP contribution >= 0.6 is 15.9 Å². The summed E-state index contributed by atoms with van der Waals surface area (Å²) in [4.78, 5) is 37.3. The Bertz CT molecular complexity index is 1310. The number of furan rings is 1. The van der Waals surface area contributed by atoms with Crippen LogP contribution in [0.1, 0.15) is 67.9 Å². The molecular formula is C26H24BrN3O5. The molecule has 1 aliphatic carbocycles. The number of hydrazone groups is 1. The van der Waals surface area contributed by atoms with Crippen LogP contribution in [0, 0.1) is 6.92 Å². The number of carbonyl (C=O) groups is 3. The lowest BCUT2D eigenvalue weighted by Gasteiger charge is -2.13. The third kappa shape index (κ3) is 5.35. The minimum Gasteiger partial charge on any atom is -0.462 e. The predicted molar refractivity (Wildman–Crippen MR) is 135 cm³/mol. The highest BCUT2D eigenvalue weighted by atomic mass is 79.9. The molecule has 0 spiro atoms. The van der Waals surface area contributed by atoms with Crippen LogP contribution in [-0.2, 0) is 11.2 Å². The molecule has 0 fully saturated rings. The van der Waals surface area contributed by atoms with Crippen LogP contribution in [0.4, 0.5) is 5.69 Å². The van der Waals surface area contributed by atoms with Gasteiger partial charge in [-0.2, -0.15) is 5.10 Å². The molecule has 2 amide bonds. The van der Waals surface area contributed by atoms with E-state index in [0.29, 0.717) is 57.8 Å². The monoisotopic (exact) mass is 537 g/mol. The summed E-state index contributed by atoms with van der Waals surface area (Å²) in [5, 5.41) is 7.16. The van der Waals surface area contributed by atoms with Gasteiger partial charge in [-0.1, -0.05) is 12.1 Å². The van der Waals surface area contributed by atoms with Gasteiger partial charge in [0, 0.05) is 27.7 Å². The summed E-state index contributed by atoms with van der Waals surface area (Å²) in [7, 11) is 0.